The summed E-state index contributed by atoms with van der Waals surface area (Å²) in [6.07, 6.45) is -13.0. The molecule has 2 amide bonds. The number of aliphatic hydroxyl groups excluding tert-OH is 1. The second-order valence-corrected chi connectivity index (χ2v) is 20.4. The minimum atomic E-state index is -4.96. The normalized spacial score (nSPS) is 24.8. The van der Waals surface area contributed by atoms with Crippen LogP contribution in [-0.4, -0.2) is 89.9 Å². The number of benzene rings is 4. The van der Waals surface area contributed by atoms with Gasteiger partial charge in [0.1, 0.15) is 13.1 Å². The summed E-state index contributed by atoms with van der Waals surface area (Å²) in [5.74, 6) is -0.272. The lowest BCUT2D eigenvalue weighted by Crippen LogP contribution is -2.64. The van der Waals surface area contributed by atoms with Crippen LogP contribution in [0.1, 0.15) is 122 Å². The number of rotatable bonds is 16. The Bertz CT molecular complexity index is 2720. The first kappa shape index (κ1) is 59.6. The Kier molecular flexibility index (Phi) is 17.8. The standard InChI is InChI=1S/C29H30F6N2O2.C27H29F6N3O3/c1-3-9-27(37-19-36-17-25(37)38)12-10-26(11-13-27,22-7-5-4-6-8-22)18-39-20(2)21-14-23(28(30,31)32)16-24(15-21)29(33,34)35;1-18(19-11-21(26(28,29)30)13-22(12-19)27(31,32)33)39-16-25(20-5-3-2-4-6-20)8-7-24(9-10-37,15-35-25)36-17-34-14-23(36)38/h3-8,14-16,19-20H,1,9-13,17-18H2,2H3;2-6,11-13,17-18,35,37H,7-10,14-16H2,1H3/t20-,26?,27?;18-,24-,25-/m11/s1. The van der Waals surface area contributed by atoms with E-state index in [1.807, 2.05) is 60.7 Å². The molecular weight excluding hydrogens is 1050 g/mol. The van der Waals surface area contributed by atoms with Gasteiger partial charge in [0.2, 0.25) is 11.8 Å². The number of nitrogens with zero attached hydrogens (tertiary/aromatic N) is 4. The lowest BCUT2D eigenvalue weighted by Gasteiger charge is -2.50. The van der Waals surface area contributed by atoms with Crippen LogP contribution in [0.4, 0.5) is 52.7 Å². The number of hydrogen-bond donors (Lipinski definition) is 2. The molecule has 4 aromatic carbocycles. The summed E-state index contributed by atoms with van der Waals surface area (Å²) >= 11 is 0. The van der Waals surface area contributed by atoms with Gasteiger partial charge in [0.15, 0.2) is 0 Å². The summed E-state index contributed by atoms with van der Waals surface area (Å²) in [6.45, 7) is 6.97. The summed E-state index contributed by atoms with van der Waals surface area (Å²) in [4.78, 5) is 36.4. The molecular formula is C56H59F12N5O5. The molecule has 78 heavy (non-hydrogen) atoms. The van der Waals surface area contributed by atoms with Crippen LogP contribution in [0, 0.1) is 0 Å². The molecule has 3 aliphatic heterocycles. The number of ether oxygens (including phenoxy) is 2. The molecule has 1 saturated carbocycles. The first-order valence-electron chi connectivity index (χ1n) is 25.1. The van der Waals surface area contributed by atoms with Crippen LogP contribution in [0.15, 0.2) is 120 Å². The molecule has 2 N–H and O–H groups in total. The fourth-order valence-electron chi connectivity index (χ4n) is 10.9. The van der Waals surface area contributed by atoms with Crippen LogP contribution in [0.3, 0.4) is 0 Å². The predicted molar refractivity (Wildman–Crippen MR) is 266 cm³/mol. The number of hydrogen-bond acceptors (Lipinski definition) is 8. The van der Waals surface area contributed by atoms with E-state index in [0.717, 1.165) is 11.1 Å². The molecule has 0 unspecified atom stereocenters. The van der Waals surface area contributed by atoms with Gasteiger partial charge in [-0.05, 0) is 124 Å². The Labute approximate surface area is 443 Å². The van der Waals surface area contributed by atoms with Gasteiger partial charge in [-0.3, -0.25) is 29.4 Å². The largest absolute Gasteiger partial charge is 0.416 e. The molecule has 3 heterocycles. The summed E-state index contributed by atoms with van der Waals surface area (Å²) in [6, 6.07) is 21.7. The van der Waals surface area contributed by atoms with E-state index in [2.05, 4.69) is 21.9 Å². The highest BCUT2D eigenvalue weighted by Gasteiger charge is 2.50. The molecule has 0 aromatic heterocycles. The molecule has 4 aromatic rings. The van der Waals surface area contributed by atoms with Crippen molar-refractivity contribution in [1.82, 2.24) is 15.1 Å². The monoisotopic (exact) mass is 1110 g/mol. The zero-order chi connectivity index (χ0) is 57.0. The molecule has 22 heteroatoms. The Morgan fingerprint density at radius 1 is 0.603 bits per heavy atom. The number of carbonyl (C=O) groups is 2. The van der Waals surface area contributed by atoms with E-state index in [1.165, 1.54) is 25.1 Å². The maximum atomic E-state index is 13.4. The molecule has 0 bridgehead atoms. The van der Waals surface area contributed by atoms with Gasteiger partial charge in [0.05, 0.1) is 77.0 Å². The van der Waals surface area contributed by atoms with Gasteiger partial charge in [-0.2, -0.15) is 52.7 Å². The van der Waals surface area contributed by atoms with Crippen LogP contribution < -0.4 is 5.32 Å². The number of carbonyl (C=O) groups excluding carboxylic acids is 2. The van der Waals surface area contributed by atoms with Crippen molar-refractivity contribution in [2.24, 2.45) is 9.98 Å². The van der Waals surface area contributed by atoms with Crippen molar-refractivity contribution in [3.05, 3.63) is 154 Å². The molecule has 0 spiro atoms. The first-order chi connectivity index (χ1) is 36.6. The van der Waals surface area contributed by atoms with Crippen LogP contribution in [0.2, 0.25) is 0 Å². The number of aliphatic hydroxyl groups is 1. The smallest absolute Gasteiger partial charge is 0.396 e. The average molecular weight is 1110 g/mol. The molecule has 1 saturated heterocycles. The van der Waals surface area contributed by atoms with Crippen molar-refractivity contribution in [3.63, 3.8) is 0 Å². The topological polar surface area (TPSA) is 116 Å². The third-order valence-corrected chi connectivity index (χ3v) is 15.5. The number of aliphatic imine (C=N–C) groups is 2. The second-order valence-electron chi connectivity index (χ2n) is 20.4. The third kappa shape index (κ3) is 13.3. The Morgan fingerprint density at radius 3 is 1.38 bits per heavy atom. The number of amides is 2. The molecule has 8 rings (SSSR count). The minimum absolute atomic E-state index is 0.0224. The molecule has 10 nitrogen and oxygen atoms in total. The first-order valence-corrected chi connectivity index (χ1v) is 25.1. The van der Waals surface area contributed by atoms with Gasteiger partial charge in [0, 0.05) is 18.6 Å². The molecule has 2 fully saturated rings. The average Bonchev–Trinajstić information content (AvgIpc) is 4.09. The summed E-state index contributed by atoms with van der Waals surface area (Å²) in [5, 5.41) is 13.2. The van der Waals surface area contributed by atoms with Crippen molar-refractivity contribution in [2.45, 2.75) is 124 Å². The lowest BCUT2D eigenvalue weighted by molar-refractivity contribution is -0.145. The molecule has 0 radical (unpaired) electrons. The van der Waals surface area contributed by atoms with Crippen molar-refractivity contribution >= 4 is 24.5 Å². The van der Waals surface area contributed by atoms with Crippen LogP contribution in [-0.2, 0) is 54.7 Å². The Morgan fingerprint density at radius 2 is 1.01 bits per heavy atom. The van der Waals surface area contributed by atoms with Crippen molar-refractivity contribution < 1.29 is 76.9 Å². The maximum Gasteiger partial charge on any atom is 0.416 e. The number of nitrogens with one attached hydrogen (secondary N) is 1. The van der Waals surface area contributed by atoms with E-state index in [0.29, 0.717) is 75.6 Å². The third-order valence-electron chi connectivity index (χ3n) is 15.5. The van der Waals surface area contributed by atoms with E-state index < -0.39 is 81.2 Å². The molecule has 1 aliphatic carbocycles. The van der Waals surface area contributed by atoms with E-state index in [9.17, 15) is 67.4 Å². The van der Waals surface area contributed by atoms with E-state index in [1.54, 1.807) is 17.3 Å². The van der Waals surface area contributed by atoms with Crippen molar-refractivity contribution in [2.75, 3.05) is 39.5 Å². The fraction of sp³-hybridized carbons (Fsp3) is 0.464. The summed E-state index contributed by atoms with van der Waals surface area (Å²) < 4.78 is 173. The maximum absolute atomic E-state index is 13.4. The molecule has 422 valence electrons. The molecule has 4 aliphatic rings. The second kappa shape index (κ2) is 23.3. The zero-order valence-corrected chi connectivity index (χ0v) is 42.6. The van der Waals surface area contributed by atoms with Gasteiger partial charge >= 0.3 is 24.7 Å². The SMILES string of the molecule is C=CCC1(N2C=NCC2=O)CCC(CO[C@H](C)c2cc(C(F)(F)F)cc(C(F)(F)F)c2)(c2ccccc2)CC1.C[C@@H](OC[C@@]1(c2ccccc2)CC[C@](CCO)(N2C=NCC2=O)CN1)c1cc(C(F)(F)F)cc(C(F)(F)F)c1. The van der Waals surface area contributed by atoms with E-state index in [4.69, 9.17) is 9.47 Å². The quantitative estimate of drug-likeness (QED) is 0.0853. The highest BCUT2D eigenvalue weighted by molar-refractivity contribution is 5.95. The van der Waals surface area contributed by atoms with E-state index >= 15 is 0 Å². The minimum Gasteiger partial charge on any atom is -0.396 e. The van der Waals surface area contributed by atoms with Gasteiger partial charge in [-0.1, -0.05) is 66.7 Å². The number of halogens is 12. The summed E-state index contributed by atoms with van der Waals surface area (Å²) in [5.41, 5.74) is -6.83. The van der Waals surface area contributed by atoms with Crippen molar-refractivity contribution in [1.29, 1.82) is 0 Å². The number of alkyl halides is 12. The summed E-state index contributed by atoms with van der Waals surface area (Å²) in [7, 11) is 0. The van der Waals surface area contributed by atoms with Gasteiger partial charge in [-0.15, -0.1) is 6.58 Å². The van der Waals surface area contributed by atoms with Gasteiger partial charge < -0.3 is 19.9 Å². The Balaban J connectivity index is 0.000000226. The van der Waals surface area contributed by atoms with E-state index in [-0.39, 0.29) is 74.5 Å². The lowest BCUT2D eigenvalue weighted by atomic mass is 9.63. The van der Waals surface area contributed by atoms with Gasteiger partial charge in [-0.25, -0.2) is 0 Å². The van der Waals surface area contributed by atoms with Crippen LogP contribution in [0.25, 0.3) is 0 Å². The predicted octanol–water partition coefficient (Wildman–Crippen LogP) is 12.6. The fourth-order valence-corrected chi connectivity index (χ4v) is 10.9. The number of piperidine rings is 1. The van der Waals surface area contributed by atoms with Crippen LogP contribution >= 0.6 is 0 Å². The highest BCUT2D eigenvalue weighted by atomic mass is 19.4. The highest BCUT2D eigenvalue weighted by Crippen LogP contribution is 2.49. The molecule has 4 atom stereocenters. The Hall–Kier alpha value is -6.10. The van der Waals surface area contributed by atoms with Crippen molar-refractivity contribution in [3.8, 4) is 0 Å². The zero-order valence-electron chi connectivity index (χ0n) is 42.6. The van der Waals surface area contributed by atoms with Crippen LogP contribution in [0.5, 0.6) is 0 Å². The van der Waals surface area contributed by atoms with Gasteiger partial charge in [0.25, 0.3) is 0 Å².